The molecule has 5 heteroatoms. The van der Waals surface area contributed by atoms with Gasteiger partial charge in [-0.3, -0.25) is 0 Å². The van der Waals surface area contributed by atoms with Crippen molar-refractivity contribution in [2.75, 3.05) is 25.1 Å². The van der Waals surface area contributed by atoms with E-state index >= 15 is 0 Å². The number of rotatable bonds is 2. The maximum atomic E-state index is 5.52. The van der Waals surface area contributed by atoms with Gasteiger partial charge in [0.15, 0.2) is 5.82 Å². The van der Waals surface area contributed by atoms with E-state index in [9.17, 15) is 0 Å². The van der Waals surface area contributed by atoms with Gasteiger partial charge in [-0.2, -0.15) is 0 Å². The first-order chi connectivity index (χ1) is 11.2. The van der Waals surface area contributed by atoms with Gasteiger partial charge in [0.25, 0.3) is 0 Å². The number of H-pyrrole nitrogens is 1. The van der Waals surface area contributed by atoms with Gasteiger partial charge in [0.2, 0.25) is 0 Å². The number of nitrogens with zero attached hydrogens (tertiary/aromatic N) is 3. The number of fused-ring (bicyclic) bond motifs is 3. The Balaban J connectivity index is 1.91. The van der Waals surface area contributed by atoms with Gasteiger partial charge in [-0.05, 0) is 30.4 Å². The van der Waals surface area contributed by atoms with Gasteiger partial charge in [-0.1, -0.05) is 19.9 Å². The molecule has 0 aliphatic carbocycles. The normalized spacial score (nSPS) is 22.0. The van der Waals surface area contributed by atoms with Crippen LogP contribution in [-0.4, -0.2) is 35.2 Å². The molecule has 3 heterocycles. The molecule has 0 amide bonds. The summed E-state index contributed by atoms with van der Waals surface area (Å²) in [5, 5.41) is 1.03. The minimum absolute atomic E-state index is 0.683. The Hall–Kier alpha value is -2.30. The summed E-state index contributed by atoms with van der Waals surface area (Å²) in [6, 6.07) is 6.03. The minimum atomic E-state index is 0.683. The van der Waals surface area contributed by atoms with Crippen molar-refractivity contribution in [2.45, 2.75) is 20.3 Å². The second-order valence-electron chi connectivity index (χ2n) is 6.78. The largest absolute Gasteiger partial charge is 0.496 e. The molecule has 3 aromatic rings. The van der Waals surface area contributed by atoms with Crippen LogP contribution in [0.2, 0.25) is 0 Å². The number of aromatic amines is 1. The van der Waals surface area contributed by atoms with E-state index in [0.717, 1.165) is 46.6 Å². The molecule has 1 N–H and O–H groups in total. The lowest BCUT2D eigenvalue weighted by atomic mass is 9.92. The molecule has 0 unspecified atom stereocenters. The second-order valence-corrected chi connectivity index (χ2v) is 6.78. The molecule has 0 bridgehead atoms. The predicted molar refractivity (Wildman–Crippen MR) is 93.1 cm³/mol. The molecular weight excluding hydrogens is 288 g/mol. The highest BCUT2D eigenvalue weighted by Gasteiger charge is 2.25. The van der Waals surface area contributed by atoms with Gasteiger partial charge in [-0.15, -0.1) is 0 Å². The molecule has 1 aliphatic rings. The second kappa shape index (κ2) is 5.41. The summed E-state index contributed by atoms with van der Waals surface area (Å²) in [6.45, 7) is 6.72. The lowest BCUT2D eigenvalue weighted by molar-refractivity contribution is 0.356. The summed E-state index contributed by atoms with van der Waals surface area (Å²) in [6.07, 6.45) is 2.95. The zero-order valence-corrected chi connectivity index (χ0v) is 13.8. The summed E-state index contributed by atoms with van der Waals surface area (Å²) in [5.41, 5.74) is 2.99. The minimum Gasteiger partial charge on any atom is -0.496 e. The molecule has 5 nitrogen and oxygen atoms in total. The molecule has 0 radical (unpaired) electrons. The van der Waals surface area contributed by atoms with E-state index in [2.05, 4.69) is 39.8 Å². The first-order valence-electron chi connectivity index (χ1n) is 8.21. The third-order valence-corrected chi connectivity index (χ3v) is 4.74. The Labute approximate surface area is 135 Å². The highest BCUT2D eigenvalue weighted by Crippen LogP contribution is 2.36. The van der Waals surface area contributed by atoms with Crippen LogP contribution in [0.15, 0.2) is 24.5 Å². The third kappa shape index (κ3) is 2.31. The molecular formula is C18H22N4O. The van der Waals surface area contributed by atoms with E-state index < -0.39 is 0 Å². The van der Waals surface area contributed by atoms with Crippen molar-refractivity contribution >= 4 is 27.8 Å². The van der Waals surface area contributed by atoms with E-state index in [0.29, 0.717) is 11.8 Å². The summed E-state index contributed by atoms with van der Waals surface area (Å²) in [7, 11) is 1.70. The van der Waals surface area contributed by atoms with Crippen LogP contribution in [0.5, 0.6) is 5.75 Å². The molecule has 4 rings (SSSR count). The van der Waals surface area contributed by atoms with E-state index in [1.807, 2.05) is 12.1 Å². The van der Waals surface area contributed by atoms with Crippen LogP contribution >= 0.6 is 0 Å². The number of hydrogen-bond donors (Lipinski definition) is 1. The zero-order chi connectivity index (χ0) is 16.0. The monoisotopic (exact) mass is 310 g/mol. The maximum absolute atomic E-state index is 5.52. The van der Waals surface area contributed by atoms with Crippen molar-refractivity contribution in [3.8, 4) is 5.75 Å². The van der Waals surface area contributed by atoms with Gasteiger partial charge in [0, 0.05) is 13.1 Å². The number of aromatic nitrogens is 3. The van der Waals surface area contributed by atoms with Crippen LogP contribution in [-0.2, 0) is 0 Å². The molecule has 120 valence electrons. The number of nitrogens with one attached hydrogen (secondary N) is 1. The standard InChI is InChI=1S/C18H22N4O/c1-11-7-12(2)9-22(8-11)18-17-16(19-10-20-18)15-13(21-17)5-4-6-14(15)23-3/h4-6,10-12,21H,7-9H2,1-3H3/t11-,12+. The first-order valence-corrected chi connectivity index (χ1v) is 8.21. The molecule has 2 aromatic heterocycles. The fraction of sp³-hybridized carbons (Fsp3) is 0.444. The van der Waals surface area contributed by atoms with Crippen molar-refractivity contribution in [3.05, 3.63) is 24.5 Å². The Kier molecular flexibility index (Phi) is 3.36. The molecule has 2 atom stereocenters. The van der Waals surface area contributed by atoms with Crippen molar-refractivity contribution < 1.29 is 4.74 Å². The van der Waals surface area contributed by atoms with Gasteiger partial charge < -0.3 is 14.6 Å². The smallest absolute Gasteiger partial charge is 0.156 e. The average molecular weight is 310 g/mol. The third-order valence-electron chi connectivity index (χ3n) is 4.74. The van der Waals surface area contributed by atoms with E-state index in [1.54, 1.807) is 13.4 Å². The number of hydrogen-bond acceptors (Lipinski definition) is 4. The molecule has 1 aromatic carbocycles. The Bertz CT molecular complexity index is 847. The van der Waals surface area contributed by atoms with E-state index in [-0.39, 0.29) is 0 Å². The maximum Gasteiger partial charge on any atom is 0.156 e. The molecule has 1 fully saturated rings. The lowest BCUT2D eigenvalue weighted by Crippen LogP contribution is -2.39. The SMILES string of the molecule is COc1cccc2[nH]c3c(N4C[C@H](C)C[C@H](C)C4)ncnc3c12. The number of anilines is 1. The van der Waals surface area contributed by atoms with E-state index in [1.165, 1.54) is 6.42 Å². The Morgan fingerprint density at radius 2 is 1.96 bits per heavy atom. The van der Waals surface area contributed by atoms with Gasteiger partial charge in [-0.25, -0.2) is 9.97 Å². The fourth-order valence-corrected chi connectivity index (χ4v) is 3.94. The molecule has 0 spiro atoms. The Morgan fingerprint density at radius 1 is 1.17 bits per heavy atom. The lowest BCUT2D eigenvalue weighted by Gasteiger charge is -2.35. The van der Waals surface area contributed by atoms with Crippen molar-refractivity contribution in [1.82, 2.24) is 15.0 Å². The van der Waals surface area contributed by atoms with Crippen molar-refractivity contribution in [2.24, 2.45) is 11.8 Å². The number of ether oxygens (including phenoxy) is 1. The molecule has 0 saturated carbocycles. The van der Waals surface area contributed by atoms with Crippen LogP contribution in [0.1, 0.15) is 20.3 Å². The summed E-state index contributed by atoms with van der Waals surface area (Å²) in [5.74, 6) is 3.22. The van der Waals surface area contributed by atoms with Gasteiger partial charge in [0.05, 0.1) is 18.0 Å². The van der Waals surface area contributed by atoms with Crippen LogP contribution in [0, 0.1) is 11.8 Å². The molecule has 1 saturated heterocycles. The predicted octanol–water partition coefficient (Wildman–Crippen LogP) is 3.60. The number of piperidine rings is 1. The van der Waals surface area contributed by atoms with Crippen molar-refractivity contribution in [3.63, 3.8) is 0 Å². The number of benzene rings is 1. The van der Waals surface area contributed by atoms with Gasteiger partial charge in [0.1, 0.15) is 23.1 Å². The molecule has 23 heavy (non-hydrogen) atoms. The van der Waals surface area contributed by atoms with Crippen molar-refractivity contribution in [1.29, 1.82) is 0 Å². The number of methoxy groups -OCH3 is 1. The van der Waals surface area contributed by atoms with Crippen LogP contribution in [0.3, 0.4) is 0 Å². The van der Waals surface area contributed by atoms with Crippen LogP contribution < -0.4 is 9.64 Å². The zero-order valence-electron chi connectivity index (χ0n) is 13.8. The quantitative estimate of drug-likeness (QED) is 0.786. The summed E-state index contributed by atoms with van der Waals surface area (Å²) in [4.78, 5) is 15.0. The highest BCUT2D eigenvalue weighted by atomic mass is 16.5. The first kappa shape index (κ1) is 14.3. The average Bonchev–Trinajstić information content (AvgIpc) is 2.92. The van der Waals surface area contributed by atoms with E-state index in [4.69, 9.17) is 4.74 Å². The summed E-state index contributed by atoms with van der Waals surface area (Å²) >= 11 is 0. The van der Waals surface area contributed by atoms with Crippen LogP contribution in [0.4, 0.5) is 5.82 Å². The van der Waals surface area contributed by atoms with Gasteiger partial charge >= 0.3 is 0 Å². The van der Waals surface area contributed by atoms with Crippen LogP contribution in [0.25, 0.3) is 21.9 Å². The summed E-state index contributed by atoms with van der Waals surface area (Å²) < 4.78 is 5.52. The Morgan fingerprint density at radius 3 is 2.70 bits per heavy atom. The highest BCUT2D eigenvalue weighted by molar-refractivity contribution is 6.11. The molecule has 1 aliphatic heterocycles. The topological polar surface area (TPSA) is 54.0 Å². The fourth-order valence-electron chi connectivity index (χ4n) is 3.94.